The summed E-state index contributed by atoms with van der Waals surface area (Å²) in [6.45, 7) is 9.44. The lowest BCUT2D eigenvalue weighted by Gasteiger charge is -2.46. The van der Waals surface area contributed by atoms with Gasteiger partial charge in [0.2, 0.25) is 5.91 Å². The van der Waals surface area contributed by atoms with Crippen LogP contribution in [0.25, 0.3) is 0 Å². The number of halogens is 3. The number of aryl methyl sites for hydroxylation is 1. The maximum Gasteiger partial charge on any atom is 0.416 e. The van der Waals surface area contributed by atoms with Crippen molar-refractivity contribution < 1.29 is 22.7 Å². The number of nitrogens with zero attached hydrogens (tertiary/aromatic N) is 1. The molecule has 2 aliphatic rings. The van der Waals surface area contributed by atoms with Crippen molar-refractivity contribution in [1.29, 1.82) is 0 Å². The van der Waals surface area contributed by atoms with E-state index in [4.69, 9.17) is 4.74 Å². The van der Waals surface area contributed by atoms with Crippen molar-refractivity contribution in [3.63, 3.8) is 0 Å². The zero-order chi connectivity index (χ0) is 25.6. The summed E-state index contributed by atoms with van der Waals surface area (Å²) < 4.78 is 44.4. The number of piperidine rings is 1. The molecule has 1 saturated heterocycles. The average Bonchev–Trinajstić information content (AvgIpc) is 2.85. The van der Waals surface area contributed by atoms with E-state index in [-0.39, 0.29) is 17.9 Å². The van der Waals surface area contributed by atoms with Crippen molar-refractivity contribution in [2.45, 2.75) is 83.9 Å². The molecule has 2 atom stereocenters. The first kappa shape index (κ1) is 27.1. The van der Waals surface area contributed by atoms with Crippen LogP contribution in [-0.2, 0) is 22.8 Å². The molecule has 4 rings (SSSR count). The summed E-state index contributed by atoms with van der Waals surface area (Å²) in [6.07, 6.45) is 1.09. The summed E-state index contributed by atoms with van der Waals surface area (Å²) in [5.41, 5.74) is 1.29. The lowest BCUT2D eigenvalue weighted by molar-refractivity contribution is -0.143. The van der Waals surface area contributed by atoms with E-state index in [1.165, 1.54) is 17.7 Å². The molecular formula is C29H38F3NO2. The highest BCUT2D eigenvalue weighted by atomic mass is 19.4. The highest BCUT2D eigenvalue weighted by Gasteiger charge is 2.48. The fraction of sp³-hybridized carbons (Fsp3) is 0.552. The molecule has 0 aromatic heterocycles. The van der Waals surface area contributed by atoms with Gasteiger partial charge in [-0.1, -0.05) is 51.5 Å². The van der Waals surface area contributed by atoms with Crippen molar-refractivity contribution in [1.82, 2.24) is 4.90 Å². The number of likely N-dealkylation sites (tertiary alicyclic amines) is 1. The van der Waals surface area contributed by atoms with Crippen LogP contribution in [0, 0.1) is 5.92 Å². The van der Waals surface area contributed by atoms with Crippen molar-refractivity contribution >= 4 is 5.91 Å². The SMILES string of the molecule is CC.CCc1ccc(C2(C(=O)N3CCCC(C(C)Oc4ccc(C(F)(F)F)cc4)C3)CCC2)cc1. The molecule has 0 N–H and O–H groups in total. The van der Waals surface area contributed by atoms with Crippen molar-refractivity contribution in [3.05, 3.63) is 65.2 Å². The van der Waals surface area contributed by atoms with Crippen LogP contribution in [0.3, 0.4) is 0 Å². The van der Waals surface area contributed by atoms with Crippen LogP contribution in [0.2, 0.25) is 0 Å². The minimum atomic E-state index is -4.36. The van der Waals surface area contributed by atoms with Gasteiger partial charge in [0.25, 0.3) is 0 Å². The molecule has 1 saturated carbocycles. The molecule has 1 amide bonds. The molecule has 0 bridgehead atoms. The molecule has 3 nitrogen and oxygen atoms in total. The fourth-order valence-electron chi connectivity index (χ4n) is 5.13. The summed E-state index contributed by atoms with van der Waals surface area (Å²) in [6, 6.07) is 13.3. The Balaban J connectivity index is 0.00000167. The molecule has 1 heterocycles. The standard InChI is InChI=1S/C27H32F3NO2.C2H6/c1-3-20-7-9-22(10-8-20)26(15-5-16-26)25(32)31-17-4-6-21(18-31)19(2)33-24-13-11-23(12-14-24)27(28,29)30;1-2/h7-14,19,21H,3-6,15-18H2,1-2H3;1-2H3. The van der Waals surface area contributed by atoms with Gasteiger partial charge in [-0.25, -0.2) is 0 Å². The number of carbonyl (C=O) groups excluding carboxylic acids is 1. The molecule has 2 aromatic rings. The van der Waals surface area contributed by atoms with Gasteiger partial charge >= 0.3 is 6.18 Å². The lowest BCUT2D eigenvalue weighted by Crippen LogP contribution is -2.54. The Bertz CT molecular complexity index is 949. The Labute approximate surface area is 207 Å². The van der Waals surface area contributed by atoms with E-state index in [9.17, 15) is 18.0 Å². The molecule has 1 aliphatic heterocycles. The van der Waals surface area contributed by atoms with Gasteiger partial charge in [0.05, 0.1) is 11.0 Å². The highest BCUT2D eigenvalue weighted by Crippen LogP contribution is 2.46. The summed E-state index contributed by atoms with van der Waals surface area (Å²) >= 11 is 0. The molecule has 1 aliphatic carbocycles. The van der Waals surface area contributed by atoms with Gasteiger partial charge in [0, 0.05) is 19.0 Å². The second kappa shape index (κ2) is 11.5. The molecule has 35 heavy (non-hydrogen) atoms. The van der Waals surface area contributed by atoms with Gasteiger partial charge in [-0.2, -0.15) is 13.2 Å². The van der Waals surface area contributed by atoms with Gasteiger partial charge in [-0.3, -0.25) is 4.79 Å². The highest BCUT2D eigenvalue weighted by molar-refractivity contribution is 5.89. The van der Waals surface area contributed by atoms with Crippen molar-refractivity contribution in [2.75, 3.05) is 13.1 Å². The Morgan fingerprint density at radius 1 is 1.06 bits per heavy atom. The first-order chi connectivity index (χ1) is 16.7. The predicted molar refractivity (Wildman–Crippen MR) is 134 cm³/mol. The number of benzene rings is 2. The fourth-order valence-corrected chi connectivity index (χ4v) is 5.13. The van der Waals surface area contributed by atoms with Gasteiger partial charge in [0.15, 0.2) is 0 Å². The Kier molecular flexibility index (Phi) is 8.89. The van der Waals surface area contributed by atoms with E-state index < -0.39 is 17.2 Å². The number of ether oxygens (including phenoxy) is 1. The number of alkyl halides is 3. The first-order valence-corrected chi connectivity index (χ1v) is 13.0. The van der Waals surface area contributed by atoms with Crippen molar-refractivity contribution in [2.24, 2.45) is 5.92 Å². The summed E-state index contributed by atoms with van der Waals surface area (Å²) in [5, 5.41) is 0. The zero-order valence-electron chi connectivity index (χ0n) is 21.3. The third kappa shape index (κ3) is 6.02. The number of rotatable bonds is 6. The molecule has 0 radical (unpaired) electrons. The topological polar surface area (TPSA) is 29.5 Å². The minimum absolute atomic E-state index is 0.143. The van der Waals surface area contributed by atoms with E-state index in [1.807, 2.05) is 25.7 Å². The van der Waals surface area contributed by atoms with Gasteiger partial charge in [0.1, 0.15) is 11.9 Å². The van der Waals surface area contributed by atoms with E-state index in [0.717, 1.165) is 62.8 Å². The van der Waals surface area contributed by atoms with Crippen molar-refractivity contribution in [3.8, 4) is 5.75 Å². The maximum atomic E-state index is 13.7. The third-order valence-corrected chi connectivity index (χ3v) is 7.44. The van der Waals surface area contributed by atoms with Gasteiger partial charge < -0.3 is 9.64 Å². The quantitative estimate of drug-likeness (QED) is 0.422. The number of carbonyl (C=O) groups is 1. The molecule has 2 aromatic carbocycles. The van der Waals surface area contributed by atoms with Gasteiger partial charge in [-0.15, -0.1) is 0 Å². The Morgan fingerprint density at radius 3 is 2.20 bits per heavy atom. The predicted octanol–water partition coefficient (Wildman–Crippen LogP) is 7.42. The van der Waals surface area contributed by atoms with E-state index in [1.54, 1.807) is 0 Å². The van der Waals surface area contributed by atoms with E-state index in [0.29, 0.717) is 12.3 Å². The van der Waals surface area contributed by atoms with E-state index in [2.05, 4.69) is 31.2 Å². The molecule has 0 spiro atoms. The van der Waals surface area contributed by atoms with Crippen LogP contribution in [0.1, 0.15) is 76.5 Å². The second-order valence-electron chi connectivity index (χ2n) is 9.48. The van der Waals surface area contributed by atoms with Crippen LogP contribution in [-0.4, -0.2) is 30.0 Å². The van der Waals surface area contributed by atoms with E-state index >= 15 is 0 Å². The third-order valence-electron chi connectivity index (χ3n) is 7.44. The summed E-state index contributed by atoms with van der Waals surface area (Å²) in [5.74, 6) is 0.777. The molecule has 2 unspecified atom stereocenters. The van der Waals surface area contributed by atoms with Gasteiger partial charge in [-0.05, 0) is 74.4 Å². The Morgan fingerprint density at radius 2 is 1.69 bits per heavy atom. The lowest BCUT2D eigenvalue weighted by atomic mass is 9.63. The molecule has 6 heteroatoms. The van der Waals surface area contributed by atoms with Crippen LogP contribution in [0.4, 0.5) is 13.2 Å². The number of amides is 1. The summed E-state index contributed by atoms with van der Waals surface area (Å²) in [4.78, 5) is 15.7. The normalized spacial score (nSPS) is 20.2. The number of hydrogen-bond donors (Lipinski definition) is 0. The van der Waals surface area contributed by atoms with Crippen LogP contribution >= 0.6 is 0 Å². The monoisotopic (exact) mass is 489 g/mol. The first-order valence-electron chi connectivity index (χ1n) is 13.0. The molecule has 192 valence electrons. The van der Waals surface area contributed by atoms with Crippen LogP contribution in [0.15, 0.2) is 48.5 Å². The smallest absolute Gasteiger partial charge is 0.416 e. The average molecular weight is 490 g/mol. The second-order valence-corrected chi connectivity index (χ2v) is 9.48. The minimum Gasteiger partial charge on any atom is -0.490 e. The maximum absolute atomic E-state index is 13.7. The number of hydrogen-bond acceptors (Lipinski definition) is 2. The largest absolute Gasteiger partial charge is 0.490 e. The molecule has 2 fully saturated rings. The zero-order valence-corrected chi connectivity index (χ0v) is 21.3. The summed E-state index contributed by atoms with van der Waals surface area (Å²) in [7, 11) is 0. The molecular weight excluding hydrogens is 451 g/mol. The van der Waals surface area contributed by atoms with Crippen LogP contribution in [0.5, 0.6) is 5.75 Å². The Hall–Kier alpha value is -2.50. The van der Waals surface area contributed by atoms with Crippen LogP contribution < -0.4 is 4.74 Å².